The molecule has 3 atom stereocenters. The molecule has 0 aromatic rings. The van der Waals surface area contributed by atoms with Gasteiger partial charge in [-0.25, -0.2) is 0 Å². The molecule has 1 N–H and O–H groups in total. The van der Waals surface area contributed by atoms with Crippen LogP contribution in [0.15, 0.2) is 0 Å². The topological polar surface area (TPSA) is 12.0 Å². The minimum absolute atomic E-state index is 0.785. The molecule has 0 saturated heterocycles. The zero-order chi connectivity index (χ0) is 11.3. The molecule has 0 radical (unpaired) electrons. The van der Waals surface area contributed by atoms with Crippen molar-refractivity contribution in [3.05, 3.63) is 0 Å². The van der Waals surface area contributed by atoms with E-state index in [1.165, 1.54) is 38.8 Å². The predicted molar refractivity (Wildman–Crippen MR) is 68.0 cm³/mol. The lowest BCUT2D eigenvalue weighted by atomic mass is 9.73. The van der Waals surface area contributed by atoms with E-state index >= 15 is 0 Å². The van der Waals surface area contributed by atoms with E-state index in [4.69, 9.17) is 0 Å². The van der Waals surface area contributed by atoms with Gasteiger partial charge in [0.05, 0.1) is 0 Å². The van der Waals surface area contributed by atoms with Gasteiger partial charge in [0.25, 0.3) is 0 Å². The van der Waals surface area contributed by atoms with Crippen LogP contribution >= 0.6 is 0 Å². The summed E-state index contributed by atoms with van der Waals surface area (Å²) >= 11 is 0. The Labute approximate surface area is 96.0 Å². The summed E-state index contributed by atoms with van der Waals surface area (Å²) in [6.07, 6.45) is 5.73. The Balaban J connectivity index is 2.26. The Morgan fingerprint density at radius 2 is 1.93 bits per heavy atom. The van der Waals surface area contributed by atoms with Crippen LogP contribution in [-0.4, -0.2) is 13.1 Å². The van der Waals surface area contributed by atoms with E-state index in [0.29, 0.717) is 0 Å². The summed E-state index contributed by atoms with van der Waals surface area (Å²) in [5.74, 6) is 3.68. The van der Waals surface area contributed by atoms with Gasteiger partial charge in [0.1, 0.15) is 0 Å². The van der Waals surface area contributed by atoms with Gasteiger partial charge >= 0.3 is 0 Å². The van der Waals surface area contributed by atoms with E-state index in [-0.39, 0.29) is 0 Å². The van der Waals surface area contributed by atoms with Crippen LogP contribution in [0.1, 0.15) is 53.4 Å². The van der Waals surface area contributed by atoms with Gasteiger partial charge in [-0.15, -0.1) is 0 Å². The van der Waals surface area contributed by atoms with Crippen molar-refractivity contribution >= 4 is 0 Å². The standard InChI is InChI=1S/C14H29N/c1-5-13-8-12(4)6-7-14(13)10-15-9-11(2)3/h11-15H,5-10H2,1-4H3. The zero-order valence-electron chi connectivity index (χ0n) is 11.1. The normalized spacial score (nSPS) is 32.2. The molecule has 1 nitrogen and oxygen atoms in total. The van der Waals surface area contributed by atoms with E-state index in [9.17, 15) is 0 Å². The second kappa shape index (κ2) is 6.52. The molecule has 0 heterocycles. The van der Waals surface area contributed by atoms with Crippen molar-refractivity contribution in [2.75, 3.05) is 13.1 Å². The minimum Gasteiger partial charge on any atom is -0.316 e. The van der Waals surface area contributed by atoms with Crippen LogP contribution in [0.4, 0.5) is 0 Å². The third kappa shape index (κ3) is 4.55. The van der Waals surface area contributed by atoms with Crippen molar-refractivity contribution in [3.63, 3.8) is 0 Å². The molecule has 1 saturated carbocycles. The predicted octanol–water partition coefficient (Wildman–Crippen LogP) is 3.69. The summed E-state index contributed by atoms with van der Waals surface area (Å²) in [6.45, 7) is 11.8. The fourth-order valence-electron chi connectivity index (χ4n) is 2.89. The lowest BCUT2D eigenvalue weighted by Gasteiger charge is -2.34. The first kappa shape index (κ1) is 13.0. The Kier molecular flexibility index (Phi) is 5.66. The maximum atomic E-state index is 3.63. The van der Waals surface area contributed by atoms with Gasteiger partial charge < -0.3 is 5.32 Å². The van der Waals surface area contributed by atoms with Crippen molar-refractivity contribution < 1.29 is 0 Å². The summed E-state index contributed by atoms with van der Waals surface area (Å²) in [7, 11) is 0. The molecular formula is C14H29N. The van der Waals surface area contributed by atoms with Crippen molar-refractivity contribution in [1.82, 2.24) is 5.32 Å². The molecule has 0 spiro atoms. The van der Waals surface area contributed by atoms with Gasteiger partial charge in [-0.2, -0.15) is 0 Å². The summed E-state index contributed by atoms with van der Waals surface area (Å²) in [4.78, 5) is 0. The van der Waals surface area contributed by atoms with E-state index in [1.54, 1.807) is 0 Å². The van der Waals surface area contributed by atoms with Crippen molar-refractivity contribution in [2.45, 2.75) is 53.4 Å². The molecule has 90 valence electrons. The highest BCUT2D eigenvalue weighted by molar-refractivity contribution is 4.79. The Hall–Kier alpha value is -0.0400. The van der Waals surface area contributed by atoms with Crippen molar-refractivity contribution in [1.29, 1.82) is 0 Å². The monoisotopic (exact) mass is 211 g/mol. The van der Waals surface area contributed by atoms with Crippen LogP contribution in [0.25, 0.3) is 0 Å². The van der Waals surface area contributed by atoms with Gasteiger partial charge in [0.2, 0.25) is 0 Å². The fraction of sp³-hybridized carbons (Fsp3) is 1.00. The first-order chi connectivity index (χ1) is 7.13. The van der Waals surface area contributed by atoms with E-state index < -0.39 is 0 Å². The average Bonchev–Trinajstić information content (AvgIpc) is 2.19. The van der Waals surface area contributed by atoms with E-state index in [0.717, 1.165) is 23.7 Å². The lowest BCUT2D eigenvalue weighted by Crippen LogP contribution is -2.33. The first-order valence-electron chi connectivity index (χ1n) is 6.84. The second-order valence-corrected chi connectivity index (χ2v) is 5.90. The van der Waals surface area contributed by atoms with E-state index in [2.05, 4.69) is 33.0 Å². The van der Waals surface area contributed by atoms with Crippen LogP contribution in [-0.2, 0) is 0 Å². The van der Waals surface area contributed by atoms with Crippen molar-refractivity contribution in [3.8, 4) is 0 Å². The molecule has 1 fully saturated rings. The molecule has 0 bridgehead atoms. The van der Waals surface area contributed by atoms with Gasteiger partial charge in [-0.1, -0.05) is 40.5 Å². The van der Waals surface area contributed by atoms with Crippen molar-refractivity contribution in [2.24, 2.45) is 23.7 Å². The minimum atomic E-state index is 0.785. The van der Waals surface area contributed by atoms with Crippen LogP contribution in [0.2, 0.25) is 0 Å². The highest BCUT2D eigenvalue weighted by atomic mass is 14.9. The Morgan fingerprint density at radius 3 is 2.53 bits per heavy atom. The van der Waals surface area contributed by atoms with Gasteiger partial charge in [0.15, 0.2) is 0 Å². The van der Waals surface area contributed by atoms with Crippen LogP contribution in [0.3, 0.4) is 0 Å². The molecule has 1 aliphatic rings. The SMILES string of the molecule is CCC1CC(C)CCC1CNCC(C)C. The van der Waals surface area contributed by atoms with Gasteiger partial charge in [-0.05, 0) is 49.6 Å². The first-order valence-corrected chi connectivity index (χ1v) is 6.84. The average molecular weight is 211 g/mol. The molecule has 0 aliphatic heterocycles. The number of hydrogen-bond acceptors (Lipinski definition) is 1. The highest BCUT2D eigenvalue weighted by Gasteiger charge is 2.26. The van der Waals surface area contributed by atoms with Gasteiger partial charge in [-0.3, -0.25) is 0 Å². The summed E-state index contributed by atoms with van der Waals surface area (Å²) in [6, 6.07) is 0. The number of hydrogen-bond donors (Lipinski definition) is 1. The maximum absolute atomic E-state index is 3.63. The summed E-state index contributed by atoms with van der Waals surface area (Å²) in [5.41, 5.74) is 0. The van der Waals surface area contributed by atoms with Crippen LogP contribution in [0, 0.1) is 23.7 Å². The second-order valence-electron chi connectivity index (χ2n) is 5.90. The zero-order valence-corrected chi connectivity index (χ0v) is 11.1. The Bertz CT molecular complexity index is 165. The molecule has 3 unspecified atom stereocenters. The molecule has 0 aromatic carbocycles. The summed E-state index contributed by atoms with van der Waals surface area (Å²) < 4.78 is 0. The third-order valence-electron chi connectivity index (χ3n) is 3.89. The van der Waals surface area contributed by atoms with Gasteiger partial charge in [0, 0.05) is 0 Å². The summed E-state index contributed by atoms with van der Waals surface area (Å²) in [5, 5.41) is 3.63. The van der Waals surface area contributed by atoms with Crippen LogP contribution < -0.4 is 5.32 Å². The smallest absolute Gasteiger partial charge is 0.00178 e. The fourth-order valence-corrected chi connectivity index (χ4v) is 2.89. The third-order valence-corrected chi connectivity index (χ3v) is 3.89. The largest absolute Gasteiger partial charge is 0.316 e. The Morgan fingerprint density at radius 1 is 1.20 bits per heavy atom. The number of rotatable bonds is 5. The quantitative estimate of drug-likeness (QED) is 0.731. The molecule has 1 rings (SSSR count). The molecule has 15 heavy (non-hydrogen) atoms. The van der Waals surface area contributed by atoms with E-state index in [1.807, 2.05) is 0 Å². The molecule has 1 heteroatoms. The molecule has 0 aromatic heterocycles. The number of nitrogens with one attached hydrogen (secondary N) is 1. The molecule has 0 amide bonds. The lowest BCUT2D eigenvalue weighted by molar-refractivity contribution is 0.179. The van der Waals surface area contributed by atoms with Crippen LogP contribution in [0.5, 0.6) is 0 Å². The molecular weight excluding hydrogens is 182 g/mol. The maximum Gasteiger partial charge on any atom is -0.00178 e. The highest BCUT2D eigenvalue weighted by Crippen LogP contribution is 2.35. The molecule has 1 aliphatic carbocycles.